The SMILES string of the molecule is COC(=O)[C@@H](C(C)C)N1CCN(c2ccccc2)CC1. The van der Waals surface area contributed by atoms with Crippen LogP contribution in [0.15, 0.2) is 30.3 Å². The van der Waals surface area contributed by atoms with Crippen molar-refractivity contribution < 1.29 is 9.53 Å². The van der Waals surface area contributed by atoms with Crippen LogP contribution in [-0.2, 0) is 9.53 Å². The van der Waals surface area contributed by atoms with E-state index in [2.05, 4.69) is 47.9 Å². The van der Waals surface area contributed by atoms with Gasteiger partial charge in [-0.1, -0.05) is 32.0 Å². The Labute approximate surface area is 121 Å². The Morgan fingerprint density at radius 3 is 2.20 bits per heavy atom. The van der Waals surface area contributed by atoms with Crippen molar-refractivity contribution in [1.82, 2.24) is 4.90 Å². The fourth-order valence-corrected chi connectivity index (χ4v) is 2.86. The molecule has 1 aromatic carbocycles. The number of hydrogen-bond acceptors (Lipinski definition) is 4. The summed E-state index contributed by atoms with van der Waals surface area (Å²) in [4.78, 5) is 16.5. The van der Waals surface area contributed by atoms with Crippen LogP contribution in [0, 0.1) is 5.92 Å². The number of ether oxygens (including phenoxy) is 1. The van der Waals surface area contributed by atoms with Gasteiger partial charge in [-0.3, -0.25) is 9.69 Å². The Morgan fingerprint density at radius 1 is 1.10 bits per heavy atom. The van der Waals surface area contributed by atoms with Crippen LogP contribution in [0.4, 0.5) is 5.69 Å². The Kier molecular flexibility index (Phi) is 5.01. The Bertz CT molecular complexity index is 425. The highest BCUT2D eigenvalue weighted by atomic mass is 16.5. The zero-order chi connectivity index (χ0) is 14.5. The van der Waals surface area contributed by atoms with E-state index < -0.39 is 0 Å². The topological polar surface area (TPSA) is 32.8 Å². The van der Waals surface area contributed by atoms with Crippen LogP contribution in [0.25, 0.3) is 0 Å². The lowest BCUT2D eigenvalue weighted by atomic mass is 10.0. The molecule has 1 fully saturated rings. The lowest BCUT2D eigenvalue weighted by molar-refractivity contribution is -0.149. The van der Waals surface area contributed by atoms with E-state index in [0.717, 1.165) is 26.2 Å². The predicted octanol–water partition coefficient (Wildman–Crippen LogP) is 2.01. The molecule has 110 valence electrons. The summed E-state index contributed by atoms with van der Waals surface area (Å²) in [5.74, 6) is 0.152. The smallest absolute Gasteiger partial charge is 0.323 e. The van der Waals surface area contributed by atoms with Gasteiger partial charge in [0.2, 0.25) is 0 Å². The highest BCUT2D eigenvalue weighted by molar-refractivity contribution is 5.76. The monoisotopic (exact) mass is 276 g/mol. The van der Waals surface area contributed by atoms with Crippen molar-refractivity contribution in [2.75, 3.05) is 38.2 Å². The quantitative estimate of drug-likeness (QED) is 0.788. The van der Waals surface area contributed by atoms with E-state index in [1.807, 2.05) is 6.07 Å². The minimum absolute atomic E-state index is 0.117. The van der Waals surface area contributed by atoms with E-state index in [1.54, 1.807) is 0 Å². The molecule has 1 heterocycles. The Balaban J connectivity index is 1.98. The van der Waals surface area contributed by atoms with Crippen molar-refractivity contribution in [3.05, 3.63) is 30.3 Å². The van der Waals surface area contributed by atoms with Crippen molar-refractivity contribution in [2.45, 2.75) is 19.9 Å². The summed E-state index contributed by atoms with van der Waals surface area (Å²) in [6, 6.07) is 10.3. The van der Waals surface area contributed by atoms with Crippen LogP contribution in [-0.4, -0.2) is 50.2 Å². The summed E-state index contributed by atoms with van der Waals surface area (Å²) in [5, 5.41) is 0. The molecule has 1 atom stereocenters. The number of benzene rings is 1. The lowest BCUT2D eigenvalue weighted by Crippen LogP contribution is -2.54. The average molecular weight is 276 g/mol. The molecule has 0 saturated carbocycles. The average Bonchev–Trinajstić information content (AvgIpc) is 2.48. The number of methoxy groups -OCH3 is 1. The van der Waals surface area contributed by atoms with Gasteiger partial charge in [0, 0.05) is 31.9 Å². The number of piperazine rings is 1. The largest absolute Gasteiger partial charge is 0.468 e. The molecule has 1 aromatic rings. The summed E-state index contributed by atoms with van der Waals surface area (Å²) in [6.45, 7) is 7.84. The molecule has 0 N–H and O–H groups in total. The molecule has 1 saturated heterocycles. The zero-order valence-electron chi connectivity index (χ0n) is 12.6. The van der Waals surface area contributed by atoms with Crippen LogP contribution < -0.4 is 4.90 Å². The van der Waals surface area contributed by atoms with E-state index in [1.165, 1.54) is 12.8 Å². The standard InChI is InChI=1S/C16H24N2O2/c1-13(2)15(16(19)20-3)18-11-9-17(10-12-18)14-7-5-4-6-8-14/h4-8,13,15H,9-12H2,1-3H3/t15-/m1/s1. The van der Waals surface area contributed by atoms with Gasteiger partial charge in [0.1, 0.15) is 6.04 Å². The number of carbonyl (C=O) groups excluding carboxylic acids is 1. The predicted molar refractivity (Wildman–Crippen MR) is 80.9 cm³/mol. The number of anilines is 1. The maximum absolute atomic E-state index is 11.9. The third kappa shape index (κ3) is 3.31. The second-order valence-electron chi connectivity index (χ2n) is 5.57. The molecule has 0 radical (unpaired) electrons. The van der Waals surface area contributed by atoms with Crippen LogP contribution >= 0.6 is 0 Å². The van der Waals surface area contributed by atoms with E-state index in [4.69, 9.17) is 4.74 Å². The van der Waals surface area contributed by atoms with E-state index in [-0.39, 0.29) is 17.9 Å². The number of nitrogens with zero attached hydrogens (tertiary/aromatic N) is 2. The van der Waals surface area contributed by atoms with Crippen molar-refractivity contribution in [3.63, 3.8) is 0 Å². The van der Waals surface area contributed by atoms with Gasteiger partial charge in [0.15, 0.2) is 0 Å². The lowest BCUT2D eigenvalue weighted by Gasteiger charge is -2.40. The minimum atomic E-state index is -0.127. The first-order valence-corrected chi connectivity index (χ1v) is 7.25. The second-order valence-corrected chi connectivity index (χ2v) is 5.57. The van der Waals surface area contributed by atoms with E-state index >= 15 is 0 Å². The minimum Gasteiger partial charge on any atom is -0.468 e. The van der Waals surface area contributed by atoms with Crippen molar-refractivity contribution in [2.24, 2.45) is 5.92 Å². The van der Waals surface area contributed by atoms with Gasteiger partial charge in [-0.25, -0.2) is 0 Å². The molecule has 4 heteroatoms. The first kappa shape index (κ1) is 14.9. The van der Waals surface area contributed by atoms with E-state index in [0.29, 0.717) is 0 Å². The van der Waals surface area contributed by atoms with Gasteiger partial charge in [-0.15, -0.1) is 0 Å². The fourth-order valence-electron chi connectivity index (χ4n) is 2.86. The third-order valence-electron chi connectivity index (χ3n) is 3.90. The molecule has 0 aliphatic carbocycles. The molecule has 1 aliphatic heterocycles. The number of para-hydroxylation sites is 1. The number of esters is 1. The number of carbonyl (C=O) groups is 1. The molecule has 0 bridgehead atoms. The van der Waals surface area contributed by atoms with Crippen LogP contribution in [0.3, 0.4) is 0 Å². The van der Waals surface area contributed by atoms with E-state index in [9.17, 15) is 4.79 Å². The van der Waals surface area contributed by atoms with Crippen LogP contribution in [0.5, 0.6) is 0 Å². The molecule has 20 heavy (non-hydrogen) atoms. The van der Waals surface area contributed by atoms with Crippen molar-refractivity contribution >= 4 is 11.7 Å². The van der Waals surface area contributed by atoms with Crippen molar-refractivity contribution in [3.8, 4) is 0 Å². The fraction of sp³-hybridized carbons (Fsp3) is 0.562. The maximum Gasteiger partial charge on any atom is 0.323 e. The Hall–Kier alpha value is -1.55. The first-order chi connectivity index (χ1) is 9.63. The first-order valence-electron chi connectivity index (χ1n) is 7.25. The van der Waals surface area contributed by atoms with Gasteiger partial charge in [-0.05, 0) is 18.1 Å². The number of hydrogen-bond donors (Lipinski definition) is 0. The molecule has 0 unspecified atom stereocenters. The van der Waals surface area contributed by atoms with Gasteiger partial charge in [0.25, 0.3) is 0 Å². The highest BCUT2D eigenvalue weighted by Gasteiger charge is 2.32. The molecule has 1 aliphatic rings. The van der Waals surface area contributed by atoms with Crippen LogP contribution in [0.2, 0.25) is 0 Å². The molecule has 4 nitrogen and oxygen atoms in total. The molecular weight excluding hydrogens is 252 g/mol. The molecule has 2 rings (SSSR count). The maximum atomic E-state index is 11.9. The molecule has 0 amide bonds. The molecule has 0 aromatic heterocycles. The Morgan fingerprint density at radius 2 is 1.70 bits per heavy atom. The third-order valence-corrected chi connectivity index (χ3v) is 3.90. The molecule has 0 spiro atoms. The van der Waals surface area contributed by atoms with Gasteiger partial charge >= 0.3 is 5.97 Å². The van der Waals surface area contributed by atoms with Crippen molar-refractivity contribution in [1.29, 1.82) is 0 Å². The van der Waals surface area contributed by atoms with Crippen LogP contribution in [0.1, 0.15) is 13.8 Å². The summed E-state index contributed by atoms with van der Waals surface area (Å²) >= 11 is 0. The summed E-state index contributed by atoms with van der Waals surface area (Å²) in [5.41, 5.74) is 1.26. The normalized spacial score (nSPS) is 18.1. The molecular formula is C16H24N2O2. The highest BCUT2D eigenvalue weighted by Crippen LogP contribution is 2.19. The summed E-state index contributed by atoms with van der Waals surface area (Å²) in [7, 11) is 1.47. The second kappa shape index (κ2) is 6.75. The van der Waals surface area contributed by atoms with Gasteiger partial charge in [0.05, 0.1) is 7.11 Å². The van der Waals surface area contributed by atoms with Gasteiger partial charge in [-0.2, -0.15) is 0 Å². The summed E-state index contributed by atoms with van der Waals surface area (Å²) in [6.07, 6.45) is 0. The zero-order valence-corrected chi connectivity index (χ0v) is 12.6. The number of rotatable bonds is 4. The summed E-state index contributed by atoms with van der Waals surface area (Å²) < 4.78 is 4.94. The van der Waals surface area contributed by atoms with Gasteiger partial charge < -0.3 is 9.64 Å².